The van der Waals surface area contributed by atoms with Crippen LogP contribution < -0.4 is 5.32 Å². The lowest BCUT2D eigenvalue weighted by Gasteiger charge is -1.99. The highest BCUT2D eigenvalue weighted by atomic mass is 16.5. The number of ether oxygens (including phenoxy) is 1. The molecule has 0 aliphatic rings. The molecule has 68 valence electrons. The molecule has 1 heterocycles. The van der Waals surface area contributed by atoms with E-state index in [4.69, 9.17) is 4.74 Å². The molecule has 5 heteroatoms. The van der Waals surface area contributed by atoms with Gasteiger partial charge < -0.3 is 10.1 Å². The Morgan fingerprint density at radius 2 is 2.50 bits per heavy atom. The molecule has 0 amide bonds. The zero-order valence-corrected chi connectivity index (χ0v) is 7.45. The molecule has 0 fully saturated rings. The predicted octanol–water partition coefficient (Wildman–Crippen LogP) is -0.449. The molecule has 0 aliphatic heterocycles. The van der Waals surface area contributed by atoms with Crippen LogP contribution in [0.25, 0.3) is 0 Å². The maximum absolute atomic E-state index is 5.30. The molecular weight excluding hydrogens is 156 g/mol. The third-order valence-electron chi connectivity index (χ3n) is 1.40. The number of rotatable bonds is 5. The van der Waals surface area contributed by atoms with E-state index in [1.165, 1.54) is 0 Å². The number of likely N-dealkylation sites (N-methyl/N-ethyl adjacent to an activating group) is 1. The standard InChI is InChI=1S/C7H14N4O/c1-8-3-4-12-6-7-5-11(2)10-9-7/h5,8H,3-4,6H2,1-2H3. The quantitative estimate of drug-likeness (QED) is 0.608. The molecule has 5 nitrogen and oxygen atoms in total. The number of nitrogens with one attached hydrogen (secondary N) is 1. The lowest BCUT2D eigenvalue weighted by atomic mass is 10.5. The highest BCUT2D eigenvalue weighted by molar-refractivity contribution is 4.88. The van der Waals surface area contributed by atoms with Gasteiger partial charge in [-0.1, -0.05) is 5.21 Å². The van der Waals surface area contributed by atoms with Gasteiger partial charge in [0.05, 0.1) is 19.4 Å². The molecule has 12 heavy (non-hydrogen) atoms. The molecule has 1 aromatic heterocycles. The van der Waals surface area contributed by atoms with E-state index in [9.17, 15) is 0 Å². The van der Waals surface area contributed by atoms with E-state index in [-0.39, 0.29) is 0 Å². The van der Waals surface area contributed by atoms with Gasteiger partial charge in [-0.2, -0.15) is 0 Å². The molecule has 0 radical (unpaired) electrons. The van der Waals surface area contributed by atoms with Crippen molar-refractivity contribution < 1.29 is 4.74 Å². The fourth-order valence-electron chi connectivity index (χ4n) is 0.812. The van der Waals surface area contributed by atoms with Gasteiger partial charge >= 0.3 is 0 Å². The summed E-state index contributed by atoms with van der Waals surface area (Å²) in [4.78, 5) is 0. The topological polar surface area (TPSA) is 52.0 Å². The Labute approximate surface area is 71.7 Å². The van der Waals surface area contributed by atoms with Crippen LogP contribution in [0, 0.1) is 0 Å². The third-order valence-corrected chi connectivity index (χ3v) is 1.40. The number of hydrogen-bond donors (Lipinski definition) is 1. The summed E-state index contributed by atoms with van der Waals surface area (Å²) >= 11 is 0. The van der Waals surface area contributed by atoms with Crippen LogP contribution in [-0.2, 0) is 18.4 Å². The second-order valence-electron chi connectivity index (χ2n) is 2.54. The molecule has 0 bridgehead atoms. The van der Waals surface area contributed by atoms with Crippen molar-refractivity contribution in [2.24, 2.45) is 7.05 Å². The van der Waals surface area contributed by atoms with E-state index in [2.05, 4.69) is 15.6 Å². The van der Waals surface area contributed by atoms with Crippen LogP contribution in [0.5, 0.6) is 0 Å². The largest absolute Gasteiger partial charge is 0.374 e. The second-order valence-corrected chi connectivity index (χ2v) is 2.54. The average Bonchev–Trinajstić information content (AvgIpc) is 2.45. The van der Waals surface area contributed by atoms with E-state index in [1.54, 1.807) is 4.68 Å². The SMILES string of the molecule is CNCCOCc1cn(C)nn1. The van der Waals surface area contributed by atoms with Crippen LogP contribution in [0.2, 0.25) is 0 Å². The Morgan fingerprint density at radius 1 is 1.67 bits per heavy atom. The third kappa shape index (κ3) is 2.98. The van der Waals surface area contributed by atoms with Crippen molar-refractivity contribution in [3.63, 3.8) is 0 Å². The Bertz CT molecular complexity index is 223. The minimum absolute atomic E-state index is 0.537. The molecule has 0 unspecified atom stereocenters. The fourth-order valence-corrected chi connectivity index (χ4v) is 0.812. The molecule has 0 aliphatic carbocycles. The summed E-state index contributed by atoms with van der Waals surface area (Å²) in [6.45, 7) is 2.10. The van der Waals surface area contributed by atoms with Gasteiger partial charge in [-0.3, -0.25) is 4.68 Å². The first-order valence-corrected chi connectivity index (χ1v) is 3.90. The lowest BCUT2D eigenvalue weighted by molar-refractivity contribution is 0.121. The van der Waals surface area contributed by atoms with Gasteiger partial charge in [0, 0.05) is 13.6 Å². The maximum Gasteiger partial charge on any atom is 0.108 e. The van der Waals surface area contributed by atoms with Crippen molar-refractivity contribution in [2.45, 2.75) is 6.61 Å². The molecule has 0 spiro atoms. The molecule has 0 atom stereocenters. The predicted molar refractivity (Wildman–Crippen MR) is 44.6 cm³/mol. The zero-order chi connectivity index (χ0) is 8.81. The summed E-state index contributed by atoms with van der Waals surface area (Å²) in [5.41, 5.74) is 0.869. The molecule has 0 saturated heterocycles. The van der Waals surface area contributed by atoms with E-state index in [0.717, 1.165) is 12.2 Å². The molecule has 1 aromatic rings. The molecule has 1 rings (SSSR count). The van der Waals surface area contributed by atoms with Gasteiger partial charge in [0.1, 0.15) is 5.69 Å². The van der Waals surface area contributed by atoms with Crippen molar-refractivity contribution in [2.75, 3.05) is 20.2 Å². The monoisotopic (exact) mass is 170 g/mol. The van der Waals surface area contributed by atoms with Crippen molar-refractivity contribution in [3.05, 3.63) is 11.9 Å². The zero-order valence-electron chi connectivity index (χ0n) is 7.45. The summed E-state index contributed by atoms with van der Waals surface area (Å²) in [6.07, 6.45) is 1.85. The van der Waals surface area contributed by atoms with E-state index in [1.807, 2.05) is 20.3 Å². The first-order chi connectivity index (χ1) is 5.83. The molecule has 0 saturated carbocycles. The van der Waals surface area contributed by atoms with Gasteiger partial charge in [0.2, 0.25) is 0 Å². The molecule has 0 aromatic carbocycles. The molecular formula is C7H14N4O. The van der Waals surface area contributed by atoms with E-state index >= 15 is 0 Å². The Hall–Kier alpha value is -0.940. The summed E-state index contributed by atoms with van der Waals surface area (Å²) in [5, 5.41) is 10.7. The highest BCUT2D eigenvalue weighted by Crippen LogP contribution is 1.93. The van der Waals surface area contributed by atoms with Gasteiger partial charge in [-0.25, -0.2) is 0 Å². The summed E-state index contributed by atoms with van der Waals surface area (Å²) < 4.78 is 6.96. The van der Waals surface area contributed by atoms with Crippen molar-refractivity contribution in [1.29, 1.82) is 0 Å². The minimum Gasteiger partial charge on any atom is -0.374 e. The van der Waals surface area contributed by atoms with Crippen LogP contribution >= 0.6 is 0 Å². The Balaban J connectivity index is 2.15. The van der Waals surface area contributed by atoms with Gasteiger partial charge in [0.15, 0.2) is 0 Å². The van der Waals surface area contributed by atoms with Crippen LogP contribution in [0.15, 0.2) is 6.20 Å². The smallest absolute Gasteiger partial charge is 0.108 e. The summed E-state index contributed by atoms with van der Waals surface area (Å²) in [7, 11) is 3.73. The van der Waals surface area contributed by atoms with Crippen LogP contribution in [0.3, 0.4) is 0 Å². The first-order valence-electron chi connectivity index (χ1n) is 3.90. The summed E-state index contributed by atoms with van der Waals surface area (Å²) in [5.74, 6) is 0. The summed E-state index contributed by atoms with van der Waals surface area (Å²) in [6, 6.07) is 0. The van der Waals surface area contributed by atoms with E-state index < -0.39 is 0 Å². The fraction of sp³-hybridized carbons (Fsp3) is 0.714. The van der Waals surface area contributed by atoms with Gasteiger partial charge in [-0.05, 0) is 7.05 Å². The number of nitrogens with zero attached hydrogens (tertiary/aromatic N) is 3. The van der Waals surface area contributed by atoms with Crippen molar-refractivity contribution >= 4 is 0 Å². The number of aromatic nitrogens is 3. The van der Waals surface area contributed by atoms with Crippen LogP contribution in [-0.4, -0.2) is 35.2 Å². The number of aryl methyl sites for hydroxylation is 1. The Morgan fingerprint density at radius 3 is 3.08 bits per heavy atom. The highest BCUT2D eigenvalue weighted by Gasteiger charge is 1.96. The number of hydrogen-bond acceptors (Lipinski definition) is 4. The maximum atomic E-state index is 5.30. The van der Waals surface area contributed by atoms with E-state index in [0.29, 0.717) is 13.2 Å². The second kappa shape index (κ2) is 4.84. The molecule has 1 N–H and O–H groups in total. The minimum atomic E-state index is 0.537. The lowest BCUT2D eigenvalue weighted by Crippen LogP contribution is -2.14. The van der Waals surface area contributed by atoms with Crippen molar-refractivity contribution in [3.8, 4) is 0 Å². The van der Waals surface area contributed by atoms with Crippen LogP contribution in [0.4, 0.5) is 0 Å². The normalized spacial score (nSPS) is 10.5. The van der Waals surface area contributed by atoms with Gasteiger partial charge in [0.25, 0.3) is 0 Å². The van der Waals surface area contributed by atoms with Crippen LogP contribution in [0.1, 0.15) is 5.69 Å². The first kappa shape index (κ1) is 9.15. The average molecular weight is 170 g/mol. The van der Waals surface area contributed by atoms with Gasteiger partial charge in [-0.15, -0.1) is 5.10 Å². The Kier molecular flexibility index (Phi) is 3.69. The van der Waals surface area contributed by atoms with Crippen molar-refractivity contribution in [1.82, 2.24) is 20.3 Å².